The van der Waals surface area contributed by atoms with Gasteiger partial charge in [0.2, 0.25) is 5.43 Å². The summed E-state index contributed by atoms with van der Waals surface area (Å²) in [5.41, 5.74) is -2.47. The molecule has 5 N–H and O–H groups in total. The number of carboxylic acid groups (broad SMARTS) is 1. The predicted molar refractivity (Wildman–Crippen MR) is 280 cm³/mol. The molecule has 75 heavy (non-hydrogen) atoms. The minimum atomic E-state index is -1.84. The van der Waals surface area contributed by atoms with Crippen molar-refractivity contribution in [3.8, 4) is 0 Å². The number of aliphatic hydroxyl groups excluding tert-OH is 2. The number of aromatic nitrogens is 1. The predicted octanol–water partition coefficient (Wildman–Crippen LogP) is 4.66. The topological polar surface area (TPSA) is 238 Å². The van der Waals surface area contributed by atoms with Crippen LogP contribution in [0.4, 0.5) is 0 Å². The van der Waals surface area contributed by atoms with Crippen LogP contribution in [0.25, 0.3) is 10.9 Å². The first-order valence-electron chi connectivity index (χ1n) is 27.0. The molecule has 18 atom stereocenters. The maximum absolute atomic E-state index is 14.6. The second-order valence-electron chi connectivity index (χ2n) is 23.1. The Morgan fingerprint density at radius 1 is 0.973 bits per heavy atom. The number of esters is 1. The van der Waals surface area contributed by atoms with Crippen molar-refractivity contribution in [2.45, 2.75) is 211 Å². The lowest BCUT2D eigenvalue weighted by atomic mass is 9.77. The molecule has 424 valence electrons. The highest BCUT2D eigenvalue weighted by molar-refractivity contribution is 5.94. The molecule has 2 aromatic rings. The zero-order valence-corrected chi connectivity index (χ0v) is 46.9. The van der Waals surface area contributed by atoms with E-state index in [1.54, 1.807) is 47.1 Å². The maximum Gasteiger partial charge on any atom is 0.341 e. The van der Waals surface area contributed by atoms with Gasteiger partial charge in [0.25, 0.3) is 0 Å². The number of cyclic esters (lactones) is 1. The third-order valence-corrected chi connectivity index (χ3v) is 16.6. The molecule has 0 amide bonds. The summed E-state index contributed by atoms with van der Waals surface area (Å²) >= 11 is 0. The van der Waals surface area contributed by atoms with Crippen LogP contribution in [0, 0.1) is 17.8 Å². The monoisotopic (exact) mass is 1060 g/mol. The van der Waals surface area contributed by atoms with Gasteiger partial charge in [-0.3, -0.25) is 9.59 Å². The van der Waals surface area contributed by atoms with Crippen molar-refractivity contribution in [2.24, 2.45) is 17.8 Å². The Kier molecular flexibility index (Phi) is 20.3. The van der Waals surface area contributed by atoms with E-state index in [4.69, 9.17) is 37.9 Å². The molecule has 19 heteroatoms. The molecule has 3 saturated heterocycles. The summed E-state index contributed by atoms with van der Waals surface area (Å²) in [5.74, 6) is -3.98. The van der Waals surface area contributed by atoms with E-state index < -0.39 is 107 Å². The van der Waals surface area contributed by atoms with Gasteiger partial charge >= 0.3 is 11.9 Å². The lowest BCUT2D eigenvalue weighted by Gasteiger charge is -2.49. The van der Waals surface area contributed by atoms with Gasteiger partial charge < -0.3 is 77.8 Å². The summed E-state index contributed by atoms with van der Waals surface area (Å²) < 4.78 is 53.1. The molecule has 5 heterocycles. The number of aromatic carboxylic acids is 1. The van der Waals surface area contributed by atoms with Gasteiger partial charge in [0.05, 0.1) is 59.9 Å². The molecule has 6 rings (SSSR count). The van der Waals surface area contributed by atoms with Crippen molar-refractivity contribution in [2.75, 3.05) is 48.0 Å². The minimum Gasteiger partial charge on any atom is -0.499 e. The van der Waals surface area contributed by atoms with Gasteiger partial charge in [-0.05, 0) is 137 Å². The summed E-state index contributed by atoms with van der Waals surface area (Å²) in [5, 5.41) is 58.2. The number of carbonyl (C=O) groups is 2. The number of rotatable bonds is 15. The number of aliphatic hydroxyl groups is 4. The first-order valence-corrected chi connectivity index (χ1v) is 27.0. The summed E-state index contributed by atoms with van der Waals surface area (Å²) in [4.78, 5) is 43.4. The quantitative estimate of drug-likeness (QED) is 0.0927. The number of benzene rings is 1. The molecule has 4 aliphatic heterocycles. The Morgan fingerprint density at radius 2 is 1.68 bits per heavy atom. The van der Waals surface area contributed by atoms with E-state index in [0.29, 0.717) is 31.3 Å². The van der Waals surface area contributed by atoms with E-state index in [1.165, 1.54) is 13.1 Å². The second-order valence-corrected chi connectivity index (χ2v) is 23.1. The molecule has 0 aliphatic carbocycles. The van der Waals surface area contributed by atoms with Crippen molar-refractivity contribution < 1.29 is 73.0 Å². The normalized spacial score (nSPS) is 38.8. The first kappa shape index (κ1) is 60.7. The molecule has 0 radical (unpaired) electrons. The highest BCUT2D eigenvalue weighted by atomic mass is 16.7. The Morgan fingerprint density at radius 3 is 2.33 bits per heavy atom. The number of methoxy groups -OCH3 is 1. The lowest BCUT2D eigenvalue weighted by molar-refractivity contribution is -0.321. The van der Waals surface area contributed by atoms with Crippen molar-refractivity contribution >= 4 is 22.8 Å². The summed E-state index contributed by atoms with van der Waals surface area (Å²) in [6.45, 7) is 19.3. The standard InChI is InChI=1S/C56H89N3O16/c1-15-42-56(10,67)48(62)35(6)58(13)29-31(2)27-54(8,66)49(75-53-46(61)41(57(11)12)24-32(3)71-53)33(4)47(34(5)52(65)73-42)74-43-28-55(9,68-14)50(36(7)72-43)70-23-22-69-21-17-18-37-25-38-19-16-20-59-30-40(51(63)64)45(60)39(26-37)44(38)59/h17,21,25-26,30-36,41-43,46-50,53,61-62,66-67H,15-16,18-20,22-24,27-29H2,1-14H3,(H,63,64)/b21-17+/t31-,32-,33+,34-,35-,36+,41+,42-,43+,46-,47+,48-,49-,50+,53+,54-,55-,56-/m1/s1. The van der Waals surface area contributed by atoms with E-state index >= 15 is 0 Å². The Balaban J connectivity index is 1.21. The van der Waals surface area contributed by atoms with Gasteiger partial charge in [-0.2, -0.15) is 0 Å². The highest BCUT2D eigenvalue weighted by Crippen LogP contribution is 2.41. The first-order chi connectivity index (χ1) is 35.1. The van der Waals surface area contributed by atoms with E-state index in [-0.39, 0.29) is 56.1 Å². The number of allylic oxidation sites excluding steroid dienone is 1. The molecule has 0 spiro atoms. The fourth-order valence-corrected chi connectivity index (χ4v) is 12.4. The summed E-state index contributed by atoms with van der Waals surface area (Å²) in [6, 6.07) is 2.95. The van der Waals surface area contributed by atoms with Crippen LogP contribution in [0.15, 0.2) is 35.5 Å². The molecule has 1 aromatic heterocycles. The Hall–Kier alpha value is -3.57. The van der Waals surface area contributed by atoms with Crippen LogP contribution in [-0.4, -0.2) is 190 Å². The largest absolute Gasteiger partial charge is 0.499 e. The van der Waals surface area contributed by atoms with Crippen LogP contribution < -0.4 is 5.43 Å². The van der Waals surface area contributed by atoms with Gasteiger partial charge in [-0.15, -0.1) is 0 Å². The van der Waals surface area contributed by atoms with Crippen LogP contribution >= 0.6 is 0 Å². The fraction of sp³-hybridized carbons (Fsp3) is 0.768. The number of hydrogen-bond acceptors (Lipinski definition) is 17. The van der Waals surface area contributed by atoms with Crippen LogP contribution in [0.1, 0.15) is 123 Å². The molecule has 0 bridgehead atoms. The molecule has 0 saturated carbocycles. The Labute approximate surface area is 443 Å². The smallest absolute Gasteiger partial charge is 0.341 e. The molecule has 19 nitrogen and oxygen atoms in total. The lowest BCUT2D eigenvalue weighted by Crippen LogP contribution is -2.61. The van der Waals surface area contributed by atoms with Gasteiger partial charge in [0, 0.05) is 56.2 Å². The molecule has 1 aromatic carbocycles. The SMILES string of the molecule is CC[C@H]1OC(=O)[C@H](C)[C@@H](O[C@H]2C[C@@](C)(OC)[C@@H](OCCO/C=C/Cc3cc4c5c(c3)c(=O)c(C(=O)O)cn5CCC4)[C@H](C)O2)[C@H](C)[C@@H](O[C@@H]2O[C@H](C)C[C@H](N(C)C)[C@H]2O)[C@](C)(O)C[C@@H](C)CN(C)[C@H](C)[C@@H](O)[C@]1(C)O. The van der Waals surface area contributed by atoms with Gasteiger partial charge in [-0.1, -0.05) is 26.8 Å². The zero-order chi connectivity index (χ0) is 55.5. The van der Waals surface area contributed by atoms with Crippen molar-refractivity contribution in [1.29, 1.82) is 0 Å². The number of likely N-dealkylation sites (N-methyl/N-ethyl adjacent to an activating group) is 2. The minimum absolute atomic E-state index is 0.158. The van der Waals surface area contributed by atoms with Crippen LogP contribution in [0.2, 0.25) is 0 Å². The highest BCUT2D eigenvalue weighted by Gasteiger charge is 2.53. The summed E-state index contributed by atoms with van der Waals surface area (Å²) in [7, 11) is 7.19. The number of carboxylic acids is 1. The van der Waals surface area contributed by atoms with Crippen molar-refractivity contribution in [3.05, 3.63) is 57.6 Å². The molecular formula is C56H89N3O16. The number of pyridine rings is 1. The number of carbonyl (C=O) groups excluding carboxylic acids is 1. The van der Waals surface area contributed by atoms with E-state index in [1.807, 2.05) is 76.2 Å². The van der Waals surface area contributed by atoms with E-state index in [9.17, 15) is 39.9 Å². The second kappa shape index (κ2) is 25.0. The average molecular weight is 1060 g/mol. The van der Waals surface area contributed by atoms with Gasteiger partial charge in [-0.25, -0.2) is 4.79 Å². The third-order valence-electron chi connectivity index (χ3n) is 16.6. The van der Waals surface area contributed by atoms with E-state index in [0.717, 1.165) is 29.5 Å². The third kappa shape index (κ3) is 13.7. The van der Waals surface area contributed by atoms with Crippen LogP contribution in [-0.2, 0) is 62.1 Å². The van der Waals surface area contributed by atoms with Crippen molar-refractivity contribution in [1.82, 2.24) is 14.4 Å². The van der Waals surface area contributed by atoms with Crippen LogP contribution in [0.3, 0.4) is 0 Å². The molecule has 4 aliphatic rings. The molecular weight excluding hydrogens is 971 g/mol. The van der Waals surface area contributed by atoms with Gasteiger partial charge in [0.15, 0.2) is 12.6 Å². The fourth-order valence-electron chi connectivity index (χ4n) is 12.4. The number of hydrogen-bond donors (Lipinski definition) is 5. The summed E-state index contributed by atoms with van der Waals surface area (Å²) in [6.07, 6.45) is -1.19. The molecule has 3 fully saturated rings. The molecule has 0 unspecified atom stereocenters. The van der Waals surface area contributed by atoms with E-state index in [2.05, 4.69) is 6.07 Å². The number of nitrogens with zero attached hydrogens (tertiary/aromatic N) is 3. The van der Waals surface area contributed by atoms with Gasteiger partial charge in [0.1, 0.15) is 42.2 Å². The average Bonchev–Trinajstić information content (AvgIpc) is 3.34. The van der Waals surface area contributed by atoms with Crippen molar-refractivity contribution in [3.63, 3.8) is 0 Å². The van der Waals surface area contributed by atoms with Crippen LogP contribution in [0.5, 0.6) is 0 Å². The number of ether oxygens (including phenoxy) is 8. The maximum atomic E-state index is 14.6. The number of aryl methyl sites for hydroxylation is 2. The zero-order valence-electron chi connectivity index (χ0n) is 46.9. The Bertz CT molecular complexity index is 2340.